The summed E-state index contributed by atoms with van der Waals surface area (Å²) in [7, 11) is 0. The molecule has 0 aliphatic carbocycles. The van der Waals surface area contributed by atoms with Crippen molar-refractivity contribution < 1.29 is 9.90 Å². The molecule has 0 heterocycles. The molecule has 0 aliphatic heterocycles. The predicted octanol–water partition coefficient (Wildman–Crippen LogP) is -0.529. The second-order valence-electron chi connectivity index (χ2n) is 0.620. The monoisotopic (exact) mass is 420 g/mol. The fourth-order valence-electron chi connectivity index (χ4n) is 0. The second-order valence-corrected chi connectivity index (χ2v) is 3.68. The number of carbonyl (C=O) groups is 1. The van der Waals surface area contributed by atoms with Crippen LogP contribution in [-0.4, -0.2) is 37.0 Å². The third kappa shape index (κ3) is 7.35. The Morgan fingerprint density at radius 2 is 1.71 bits per heavy atom. The molecule has 0 unspecified atom stereocenters. The van der Waals surface area contributed by atoms with Crippen molar-refractivity contribution in [3.05, 3.63) is 0 Å². The van der Waals surface area contributed by atoms with Gasteiger partial charge < -0.3 is 9.90 Å². The summed E-state index contributed by atoms with van der Waals surface area (Å²) >= 11 is 5.39. The number of carbonyl (C=O) groups excluding carboxylic acids is 1. The quantitative estimate of drug-likeness (QED) is 0.422. The van der Waals surface area contributed by atoms with E-state index < -0.39 is 9.71 Å². The molecule has 0 N–H and O–H groups in total. The first-order chi connectivity index (χ1) is 2.64. The molecule has 0 saturated heterocycles. The molecule has 5 heteroatoms. The van der Waals surface area contributed by atoms with E-state index >= 15 is 0 Å². The van der Waals surface area contributed by atoms with E-state index in [1.807, 2.05) is 0 Å². The Labute approximate surface area is 78.1 Å². The standard InChI is InChI=1S/C2H2Br2O2.Tl/c3-1(4)2(5)6;/h1H,(H,5,6);/q;+1/p-1. The van der Waals surface area contributed by atoms with Gasteiger partial charge in [0.2, 0.25) is 0 Å². The molecule has 0 saturated carbocycles. The van der Waals surface area contributed by atoms with Gasteiger partial charge in [-0.05, 0) is 0 Å². The van der Waals surface area contributed by atoms with Crippen LogP contribution < -0.4 is 5.11 Å². The van der Waals surface area contributed by atoms with Crippen LogP contribution in [0.4, 0.5) is 0 Å². The predicted molar refractivity (Wildman–Crippen MR) is 32.4 cm³/mol. The first-order valence-corrected chi connectivity index (χ1v) is 2.96. The molecule has 0 spiro atoms. The zero-order valence-corrected chi connectivity index (χ0v) is 10.9. The Bertz CT molecular complexity index is 64.7. The molecular weight excluding hydrogens is 420 g/mol. The van der Waals surface area contributed by atoms with Gasteiger partial charge in [0, 0.05) is 0 Å². The number of carboxylic acids is 1. The van der Waals surface area contributed by atoms with Crippen molar-refractivity contribution in [2.24, 2.45) is 0 Å². The first-order valence-electron chi connectivity index (χ1n) is 1.13. The van der Waals surface area contributed by atoms with Crippen molar-refractivity contribution in [3.8, 4) is 0 Å². The molecule has 0 fully saturated rings. The number of hydrogen-bond donors (Lipinski definition) is 0. The minimum Gasteiger partial charge on any atom is -0.548 e. The number of rotatable bonds is 1. The third-order valence-electron chi connectivity index (χ3n) is 0.178. The van der Waals surface area contributed by atoms with E-state index in [0.717, 1.165) is 0 Å². The van der Waals surface area contributed by atoms with Crippen molar-refractivity contribution in [1.29, 1.82) is 0 Å². The van der Waals surface area contributed by atoms with Gasteiger partial charge in [0.15, 0.2) is 0 Å². The molecule has 0 aromatic rings. The van der Waals surface area contributed by atoms with Gasteiger partial charge in [-0.1, -0.05) is 31.9 Å². The van der Waals surface area contributed by atoms with Gasteiger partial charge in [-0.15, -0.1) is 0 Å². The van der Waals surface area contributed by atoms with Crippen LogP contribution in [0.15, 0.2) is 0 Å². The molecule has 0 aromatic carbocycles. The molecule has 0 aliphatic rings. The maximum Gasteiger partial charge on any atom is 1.00 e. The van der Waals surface area contributed by atoms with E-state index in [1.54, 1.807) is 0 Å². The molecule has 7 heavy (non-hydrogen) atoms. The first kappa shape index (κ1) is 11.2. The third-order valence-corrected chi connectivity index (χ3v) is 0.926. The fourth-order valence-corrected chi connectivity index (χ4v) is 0. The molecule has 0 radical (unpaired) electrons. The molecule has 0 bridgehead atoms. The van der Waals surface area contributed by atoms with Crippen molar-refractivity contribution in [2.45, 2.75) is 3.74 Å². The average Bonchev–Trinajstić information content (AvgIpc) is 1.36. The van der Waals surface area contributed by atoms with Crippen LogP contribution in [0.2, 0.25) is 0 Å². The van der Waals surface area contributed by atoms with Gasteiger partial charge in [0.25, 0.3) is 0 Å². The largest absolute Gasteiger partial charge is 1.00 e. The van der Waals surface area contributed by atoms with Gasteiger partial charge in [0.05, 0.1) is 5.97 Å². The van der Waals surface area contributed by atoms with E-state index in [2.05, 4.69) is 31.9 Å². The van der Waals surface area contributed by atoms with E-state index in [-0.39, 0.29) is 27.3 Å². The molecule has 38 valence electrons. The normalized spacial score (nSPS) is 7.86. The number of hydrogen-bond acceptors (Lipinski definition) is 2. The van der Waals surface area contributed by atoms with E-state index in [4.69, 9.17) is 0 Å². The minimum atomic E-state index is -1.16. The van der Waals surface area contributed by atoms with E-state index in [1.165, 1.54) is 0 Å². The van der Waals surface area contributed by atoms with Crippen molar-refractivity contribution in [3.63, 3.8) is 0 Å². The number of carboxylic acid groups (broad SMARTS) is 1. The average molecular weight is 421 g/mol. The summed E-state index contributed by atoms with van der Waals surface area (Å²) < 4.78 is -0.718. The van der Waals surface area contributed by atoms with E-state index in [9.17, 15) is 9.90 Å². The Hall–Kier alpha value is 1.35. The van der Waals surface area contributed by atoms with Crippen LogP contribution in [0, 0.1) is 0 Å². The summed E-state index contributed by atoms with van der Waals surface area (Å²) in [5, 5.41) is 9.49. The van der Waals surface area contributed by atoms with Crippen LogP contribution >= 0.6 is 31.9 Å². The van der Waals surface area contributed by atoms with Gasteiger partial charge in [-0.3, -0.25) is 0 Å². The molecule has 0 rings (SSSR count). The zero-order valence-electron chi connectivity index (χ0n) is 3.23. The number of halogens is 2. The SMILES string of the molecule is O=C([O-])C(Br)Br.[Tl+]. The van der Waals surface area contributed by atoms with Gasteiger partial charge in [0.1, 0.15) is 3.74 Å². The molecule has 0 aromatic heterocycles. The van der Waals surface area contributed by atoms with Crippen LogP contribution in [0.1, 0.15) is 0 Å². The van der Waals surface area contributed by atoms with Crippen LogP contribution in [0.25, 0.3) is 0 Å². The van der Waals surface area contributed by atoms with Gasteiger partial charge in [-0.2, -0.15) is 0 Å². The summed E-state index contributed by atoms with van der Waals surface area (Å²) in [6.07, 6.45) is 0. The molecule has 0 atom stereocenters. The zero-order chi connectivity index (χ0) is 5.15. The van der Waals surface area contributed by atoms with E-state index in [0.29, 0.717) is 0 Å². The second kappa shape index (κ2) is 5.49. The number of alkyl halides is 2. The Morgan fingerprint density at radius 3 is 1.71 bits per heavy atom. The molecule has 0 amide bonds. The maximum absolute atomic E-state index is 9.49. The van der Waals surface area contributed by atoms with Crippen molar-refractivity contribution in [2.75, 3.05) is 0 Å². The van der Waals surface area contributed by atoms with Crippen LogP contribution in [0.3, 0.4) is 0 Å². The van der Waals surface area contributed by atoms with Gasteiger partial charge in [-0.25, -0.2) is 0 Å². The fraction of sp³-hybridized carbons (Fsp3) is 0.500. The molecule has 2 nitrogen and oxygen atoms in total. The summed E-state index contributed by atoms with van der Waals surface area (Å²) in [4.78, 5) is 9.49. The summed E-state index contributed by atoms with van der Waals surface area (Å²) in [6, 6.07) is 0. The van der Waals surface area contributed by atoms with Crippen LogP contribution in [0.5, 0.6) is 0 Å². The summed E-state index contributed by atoms with van der Waals surface area (Å²) in [5.74, 6) is -1.16. The topological polar surface area (TPSA) is 40.1 Å². The minimum absolute atomic E-state index is 0. The van der Waals surface area contributed by atoms with Crippen molar-refractivity contribution in [1.82, 2.24) is 0 Å². The smallest absolute Gasteiger partial charge is 0.548 e. The Balaban J connectivity index is 0. The Kier molecular flexibility index (Phi) is 8.77. The summed E-state index contributed by atoms with van der Waals surface area (Å²) in [5.41, 5.74) is 0. The maximum atomic E-state index is 9.49. The molecular formula is C2HBr2O2Tl. The summed E-state index contributed by atoms with van der Waals surface area (Å²) in [6.45, 7) is 0. The van der Waals surface area contributed by atoms with Crippen molar-refractivity contribution >= 4 is 65.1 Å². The van der Waals surface area contributed by atoms with Crippen LogP contribution in [-0.2, 0) is 4.79 Å². The van der Waals surface area contributed by atoms with Gasteiger partial charge >= 0.3 is 27.3 Å². The Morgan fingerprint density at radius 1 is 1.57 bits per heavy atom. The number of aliphatic carboxylic acids is 1.